The van der Waals surface area contributed by atoms with Gasteiger partial charge in [0.2, 0.25) is 0 Å². The first-order chi connectivity index (χ1) is 9.29. The summed E-state index contributed by atoms with van der Waals surface area (Å²) in [6.45, 7) is 3.40. The highest BCUT2D eigenvalue weighted by molar-refractivity contribution is 9.10. The Bertz CT molecular complexity index is 487. The predicted molar refractivity (Wildman–Crippen MR) is 81.2 cm³/mol. The van der Waals surface area contributed by atoms with Crippen LogP contribution in [-0.4, -0.2) is 18.1 Å². The van der Waals surface area contributed by atoms with Gasteiger partial charge in [0, 0.05) is 23.8 Å². The number of anilines is 1. The van der Waals surface area contributed by atoms with Crippen LogP contribution in [0.15, 0.2) is 53.1 Å². The summed E-state index contributed by atoms with van der Waals surface area (Å²) < 4.78 is 6.75. The Morgan fingerprint density at radius 3 is 2.63 bits per heavy atom. The highest BCUT2D eigenvalue weighted by Crippen LogP contribution is 2.18. The van der Waals surface area contributed by atoms with Crippen LogP contribution < -0.4 is 5.32 Å². The number of rotatable bonds is 6. The molecule has 0 aliphatic carbocycles. The Kier molecular flexibility index (Phi) is 5.36. The summed E-state index contributed by atoms with van der Waals surface area (Å²) in [7, 11) is 0. The van der Waals surface area contributed by atoms with Gasteiger partial charge in [0.05, 0.1) is 6.10 Å². The second-order valence-corrected chi connectivity index (χ2v) is 5.01. The van der Waals surface area contributed by atoms with E-state index in [1.165, 1.54) is 5.56 Å². The fourth-order valence-electron chi connectivity index (χ4n) is 1.82. The molecule has 1 N–H and O–H groups in total. The number of ether oxygens (including phenoxy) is 1. The maximum Gasteiger partial charge on any atom is 0.126 e. The fraction of sp³-hybridized carbons (Fsp3) is 0.267. The van der Waals surface area contributed by atoms with Gasteiger partial charge in [-0.1, -0.05) is 30.3 Å². The van der Waals surface area contributed by atoms with Gasteiger partial charge in [0.15, 0.2) is 0 Å². The number of hydrogen-bond donors (Lipinski definition) is 1. The Balaban J connectivity index is 1.99. The summed E-state index contributed by atoms with van der Waals surface area (Å²) in [4.78, 5) is 4.29. The maximum absolute atomic E-state index is 5.77. The van der Waals surface area contributed by atoms with Crippen LogP contribution >= 0.6 is 15.9 Å². The minimum Gasteiger partial charge on any atom is -0.372 e. The zero-order valence-electron chi connectivity index (χ0n) is 10.8. The van der Waals surface area contributed by atoms with Crippen molar-refractivity contribution >= 4 is 21.7 Å². The number of aromatic nitrogens is 1. The lowest BCUT2D eigenvalue weighted by atomic mass is 10.1. The van der Waals surface area contributed by atoms with Crippen LogP contribution in [0.2, 0.25) is 0 Å². The molecule has 1 atom stereocenters. The molecule has 4 heteroatoms. The Labute approximate surface area is 122 Å². The number of hydrogen-bond acceptors (Lipinski definition) is 3. The van der Waals surface area contributed by atoms with Gasteiger partial charge in [-0.25, -0.2) is 4.98 Å². The Morgan fingerprint density at radius 2 is 2.00 bits per heavy atom. The van der Waals surface area contributed by atoms with Crippen molar-refractivity contribution in [1.29, 1.82) is 0 Å². The predicted octanol–water partition coefficient (Wildman–Crippen LogP) is 4.03. The molecule has 100 valence electrons. The lowest BCUT2D eigenvalue weighted by molar-refractivity contribution is 0.0718. The number of benzene rings is 1. The zero-order valence-corrected chi connectivity index (χ0v) is 12.4. The number of pyridine rings is 1. The molecule has 1 unspecified atom stereocenters. The monoisotopic (exact) mass is 320 g/mol. The topological polar surface area (TPSA) is 34.1 Å². The third-order valence-corrected chi connectivity index (χ3v) is 3.20. The summed E-state index contributed by atoms with van der Waals surface area (Å²) in [6.07, 6.45) is 1.82. The lowest BCUT2D eigenvalue weighted by Crippen LogP contribution is -2.16. The summed E-state index contributed by atoms with van der Waals surface area (Å²) in [6, 6.07) is 14.1. The van der Waals surface area contributed by atoms with Gasteiger partial charge in [0.1, 0.15) is 5.82 Å². The Morgan fingerprint density at radius 1 is 1.21 bits per heavy atom. The SMILES string of the molecule is CCOC(CNc1ccc(Br)cn1)c1ccccc1. The first kappa shape index (κ1) is 14.0. The molecule has 1 heterocycles. The highest BCUT2D eigenvalue weighted by atomic mass is 79.9. The van der Waals surface area contributed by atoms with E-state index in [1.807, 2.05) is 37.3 Å². The van der Waals surface area contributed by atoms with E-state index < -0.39 is 0 Å². The van der Waals surface area contributed by atoms with Crippen LogP contribution in [0, 0.1) is 0 Å². The molecule has 0 saturated heterocycles. The molecule has 0 radical (unpaired) electrons. The van der Waals surface area contributed by atoms with E-state index in [0.717, 1.165) is 10.3 Å². The van der Waals surface area contributed by atoms with Crippen LogP contribution in [0.4, 0.5) is 5.82 Å². The molecule has 1 aromatic carbocycles. The van der Waals surface area contributed by atoms with Crippen LogP contribution in [-0.2, 0) is 4.74 Å². The molecule has 0 amide bonds. The first-order valence-corrected chi connectivity index (χ1v) is 7.11. The maximum atomic E-state index is 5.77. The van der Waals surface area contributed by atoms with Crippen molar-refractivity contribution in [3.05, 3.63) is 58.7 Å². The van der Waals surface area contributed by atoms with Gasteiger partial charge >= 0.3 is 0 Å². The van der Waals surface area contributed by atoms with Gasteiger partial charge in [-0.3, -0.25) is 0 Å². The van der Waals surface area contributed by atoms with Crippen molar-refractivity contribution < 1.29 is 4.74 Å². The van der Waals surface area contributed by atoms with Crippen molar-refractivity contribution in [3.63, 3.8) is 0 Å². The fourth-order valence-corrected chi connectivity index (χ4v) is 2.05. The smallest absolute Gasteiger partial charge is 0.126 e. The van der Waals surface area contributed by atoms with Crippen molar-refractivity contribution in [2.45, 2.75) is 13.0 Å². The normalized spacial score (nSPS) is 12.1. The quantitative estimate of drug-likeness (QED) is 0.872. The minimum absolute atomic E-state index is 0.0386. The minimum atomic E-state index is 0.0386. The van der Waals surface area contributed by atoms with E-state index in [-0.39, 0.29) is 6.10 Å². The molecular formula is C15H17BrN2O. The number of halogens is 1. The average Bonchev–Trinajstić information content (AvgIpc) is 2.46. The molecule has 3 nitrogen and oxygen atoms in total. The van der Waals surface area contributed by atoms with Crippen molar-refractivity contribution in [2.75, 3.05) is 18.5 Å². The summed E-state index contributed by atoms with van der Waals surface area (Å²) in [5.74, 6) is 0.851. The average molecular weight is 321 g/mol. The van der Waals surface area contributed by atoms with E-state index >= 15 is 0 Å². The van der Waals surface area contributed by atoms with Crippen molar-refractivity contribution in [1.82, 2.24) is 4.98 Å². The summed E-state index contributed by atoms with van der Waals surface area (Å²) in [5.41, 5.74) is 1.17. The summed E-state index contributed by atoms with van der Waals surface area (Å²) >= 11 is 3.37. The molecule has 0 fully saturated rings. The number of nitrogens with one attached hydrogen (secondary N) is 1. The van der Waals surface area contributed by atoms with Gasteiger partial charge in [-0.2, -0.15) is 0 Å². The molecule has 0 aliphatic heterocycles. The van der Waals surface area contributed by atoms with E-state index in [2.05, 4.69) is 38.4 Å². The molecule has 2 rings (SSSR count). The van der Waals surface area contributed by atoms with Gasteiger partial charge in [-0.05, 0) is 40.5 Å². The van der Waals surface area contributed by atoms with Crippen LogP contribution in [0.3, 0.4) is 0 Å². The van der Waals surface area contributed by atoms with Crippen molar-refractivity contribution in [2.24, 2.45) is 0 Å². The molecular weight excluding hydrogens is 304 g/mol. The molecule has 0 aliphatic rings. The summed E-state index contributed by atoms with van der Waals surface area (Å²) in [5, 5.41) is 3.30. The molecule has 2 aromatic rings. The van der Waals surface area contributed by atoms with Crippen LogP contribution in [0.5, 0.6) is 0 Å². The van der Waals surface area contributed by atoms with Crippen LogP contribution in [0.25, 0.3) is 0 Å². The standard InChI is InChI=1S/C15H17BrN2O/c1-2-19-14(12-6-4-3-5-7-12)11-18-15-9-8-13(16)10-17-15/h3-10,14H,2,11H2,1H3,(H,17,18). The third kappa shape index (κ3) is 4.33. The van der Waals surface area contributed by atoms with Crippen LogP contribution in [0.1, 0.15) is 18.6 Å². The van der Waals surface area contributed by atoms with E-state index in [0.29, 0.717) is 13.2 Å². The highest BCUT2D eigenvalue weighted by Gasteiger charge is 2.10. The first-order valence-electron chi connectivity index (χ1n) is 6.31. The lowest BCUT2D eigenvalue weighted by Gasteiger charge is -2.18. The van der Waals surface area contributed by atoms with E-state index in [4.69, 9.17) is 4.74 Å². The van der Waals surface area contributed by atoms with Gasteiger partial charge in [-0.15, -0.1) is 0 Å². The second-order valence-electron chi connectivity index (χ2n) is 4.10. The number of nitrogens with zero attached hydrogens (tertiary/aromatic N) is 1. The zero-order chi connectivity index (χ0) is 13.5. The van der Waals surface area contributed by atoms with E-state index in [9.17, 15) is 0 Å². The second kappa shape index (κ2) is 7.26. The van der Waals surface area contributed by atoms with Gasteiger partial charge in [0.25, 0.3) is 0 Å². The third-order valence-electron chi connectivity index (χ3n) is 2.74. The molecule has 0 bridgehead atoms. The van der Waals surface area contributed by atoms with Gasteiger partial charge < -0.3 is 10.1 Å². The Hall–Kier alpha value is -1.39. The molecule has 19 heavy (non-hydrogen) atoms. The van der Waals surface area contributed by atoms with Crippen molar-refractivity contribution in [3.8, 4) is 0 Å². The molecule has 0 spiro atoms. The molecule has 0 saturated carbocycles. The van der Waals surface area contributed by atoms with E-state index in [1.54, 1.807) is 6.20 Å². The molecule has 1 aromatic heterocycles. The largest absolute Gasteiger partial charge is 0.372 e.